The van der Waals surface area contributed by atoms with E-state index >= 15 is 0 Å². The van der Waals surface area contributed by atoms with E-state index in [1.807, 2.05) is 0 Å². The maximum atomic E-state index is 4.29. The Balaban J connectivity index is 2.89. The van der Waals surface area contributed by atoms with Gasteiger partial charge in [-0.2, -0.15) is 12.6 Å². The van der Waals surface area contributed by atoms with Crippen molar-refractivity contribution in [3.8, 4) is 0 Å². The zero-order chi connectivity index (χ0) is 12.8. The second kappa shape index (κ2) is 14.4. The fourth-order valence-corrected chi connectivity index (χ4v) is 2.40. The van der Waals surface area contributed by atoms with Gasteiger partial charge in [0, 0.05) is 5.25 Å². The molecule has 0 N–H and O–H groups in total. The molecule has 1 radical (unpaired) electrons. The fraction of sp³-hybridized carbons (Fsp3) is 0.938. The molecular weight excluding hydrogens is 224 g/mol. The van der Waals surface area contributed by atoms with E-state index < -0.39 is 0 Å². The average Bonchev–Trinajstić information content (AvgIpc) is 2.30. The van der Waals surface area contributed by atoms with Gasteiger partial charge in [0.05, 0.1) is 0 Å². The highest BCUT2D eigenvalue weighted by molar-refractivity contribution is 7.81. The van der Waals surface area contributed by atoms with Gasteiger partial charge in [-0.05, 0) is 13.3 Å². The van der Waals surface area contributed by atoms with Gasteiger partial charge in [-0.3, -0.25) is 0 Å². The fourth-order valence-electron chi connectivity index (χ4n) is 2.22. The molecule has 17 heavy (non-hydrogen) atoms. The Hall–Kier alpha value is 0.350. The highest BCUT2D eigenvalue weighted by atomic mass is 32.1. The molecule has 0 amide bonds. The molecule has 0 spiro atoms. The zero-order valence-electron chi connectivity index (χ0n) is 11.9. The Kier molecular flexibility index (Phi) is 14.7. The summed E-state index contributed by atoms with van der Waals surface area (Å²) in [5.74, 6) is 0. The molecule has 1 atom stereocenters. The molecule has 0 aromatic rings. The number of thiol groups is 1. The van der Waals surface area contributed by atoms with Gasteiger partial charge < -0.3 is 0 Å². The lowest BCUT2D eigenvalue weighted by Crippen LogP contribution is -1.90. The maximum absolute atomic E-state index is 4.29. The molecule has 0 aromatic carbocycles. The van der Waals surface area contributed by atoms with Crippen molar-refractivity contribution in [2.75, 3.05) is 0 Å². The summed E-state index contributed by atoms with van der Waals surface area (Å²) >= 11 is 4.29. The second-order valence-electron chi connectivity index (χ2n) is 5.33. The molecule has 0 aliphatic carbocycles. The van der Waals surface area contributed by atoms with Gasteiger partial charge in [0.1, 0.15) is 0 Å². The zero-order valence-corrected chi connectivity index (χ0v) is 12.8. The van der Waals surface area contributed by atoms with Crippen LogP contribution in [0.1, 0.15) is 90.4 Å². The standard InChI is InChI=1S/C16H33S/c1-3-4-5-6-7-8-9-10-11-12-13-14-15-16(2)17/h16-17H,2-15H2,1H3. The molecule has 0 aliphatic heterocycles. The summed E-state index contributed by atoms with van der Waals surface area (Å²) in [6.45, 7) is 6.17. The molecule has 0 heterocycles. The third-order valence-corrected chi connectivity index (χ3v) is 3.65. The van der Waals surface area contributed by atoms with Crippen molar-refractivity contribution < 1.29 is 0 Å². The monoisotopic (exact) mass is 257 g/mol. The molecule has 0 bridgehead atoms. The largest absolute Gasteiger partial charge is 0.176 e. The van der Waals surface area contributed by atoms with E-state index in [2.05, 4.69) is 26.5 Å². The van der Waals surface area contributed by atoms with Gasteiger partial charge >= 0.3 is 0 Å². The van der Waals surface area contributed by atoms with Crippen molar-refractivity contribution in [3.63, 3.8) is 0 Å². The normalized spacial score (nSPS) is 12.9. The van der Waals surface area contributed by atoms with Crippen molar-refractivity contribution in [1.82, 2.24) is 0 Å². The second-order valence-corrected chi connectivity index (χ2v) is 6.06. The molecule has 0 rings (SSSR count). The maximum Gasteiger partial charge on any atom is 0.00172 e. The minimum atomic E-state index is 0.345. The van der Waals surface area contributed by atoms with Crippen LogP contribution in [0.5, 0.6) is 0 Å². The van der Waals surface area contributed by atoms with Gasteiger partial charge in [0.2, 0.25) is 0 Å². The van der Waals surface area contributed by atoms with E-state index in [-0.39, 0.29) is 0 Å². The van der Waals surface area contributed by atoms with Crippen molar-refractivity contribution >= 4 is 12.6 Å². The molecule has 0 saturated heterocycles. The predicted molar refractivity (Wildman–Crippen MR) is 83.8 cm³/mol. The van der Waals surface area contributed by atoms with Crippen LogP contribution in [0, 0.1) is 6.92 Å². The molecule has 0 saturated carbocycles. The SMILES string of the molecule is [CH2]C(S)CCCCCCCCCCCCCC. The molecular formula is C16H33S. The molecule has 0 aromatic heterocycles. The van der Waals surface area contributed by atoms with E-state index in [1.54, 1.807) is 0 Å². The Bertz CT molecular complexity index is 131. The Morgan fingerprint density at radius 1 is 0.706 bits per heavy atom. The van der Waals surface area contributed by atoms with E-state index in [0.717, 1.165) is 0 Å². The lowest BCUT2D eigenvalue weighted by Gasteiger charge is -2.04. The first-order chi connectivity index (χ1) is 8.27. The molecule has 0 nitrogen and oxygen atoms in total. The lowest BCUT2D eigenvalue weighted by atomic mass is 10.0. The summed E-state index contributed by atoms with van der Waals surface area (Å²) in [5, 5.41) is 0.345. The van der Waals surface area contributed by atoms with Crippen LogP contribution in [0.15, 0.2) is 0 Å². The Morgan fingerprint density at radius 3 is 1.41 bits per heavy atom. The number of hydrogen-bond acceptors (Lipinski definition) is 1. The summed E-state index contributed by atoms with van der Waals surface area (Å²) in [7, 11) is 0. The molecule has 0 fully saturated rings. The smallest absolute Gasteiger partial charge is 0.00172 e. The van der Waals surface area contributed by atoms with E-state index in [4.69, 9.17) is 0 Å². The quantitative estimate of drug-likeness (QED) is 0.294. The summed E-state index contributed by atoms with van der Waals surface area (Å²) in [6.07, 6.45) is 18.2. The minimum Gasteiger partial charge on any atom is -0.176 e. The van der Waals surface area contributed by atoms with Crippen LogP contribution in [-0.4, -0.2) is 5.25 Å². The lowest BCUT2D eigenvalue weighted by molar-refractivity contribution is 0.541. The van der Waals surface area contributed by atoms with Crippen LogP contribution in [0.3, 0.4) is 0 Å². The van der Waals surface area contributed by atoms with E-state index in [9.17, 15) is 0 Å². The highest BCUT2D eigenvalue weighted by Crippen LogP contribution is 2.13. The van der Waals surface area contributed by atoms with E-state index in [0.29, 0.717) is 5.25 Å². The average molecular weight is 258 g/mol. The Morgan fingerprint density at radius 2 is 1.06 bits per heavy atom. The third kappa shape index (κ3) is 16.4. The van der Waals surface area contributed by atoms with Crippen molar-refractivity contribution in [2.24, 2.45) is 0 Å². The van der Waals surface area contributed by atoms with Crippen molar-refractivity contribution in [2.45, 2.75) is 95.6 Å². The van der Waals surface area contributed by atoms with Crippen LogP contribution in [-0.2, 0) is 0 Å². The molecule has 103 valence electrons. The van der Waals surface area contributed by atoms with Gasteiger partial charge in [-0.25, -0.2) is 0 Å². The summed E-state index contributed by atoms with van der Waals surface area (Å²) < 4.78 is 0. The van der Waals surface area contributed by atoms with Gasteiger partial charge in [0.15, 0.2) is 0 Å². The van der Waals surface area contributed by atoms with Crippen LogP contribution in [0.4, 0.5) is 0 Å². The van der Waals surface area contributed by atoms with Gasteiger partial charge in [0.25, 0.3) is 0 Å². The molecule has 1 heteroatoms. The first-order valence-electron chi connectivity index (χ1n) is 7.78. The number of rotatable bonds is 13. The summed E-state index contributed by atoms with van der Waals surface area (Å²) in [4.78, 5) is 0. The van der Waals surface area contributed by atoms with Crippen molar-refractivity contribution in [1.29, 1.82) is 0 Å². The Labute approximate surface area is 115 Å². The molecule has 1 unspecified atom stereocenters. The third-order valence-electron chi connectivity index (χ3n) is 3.39. The van der Waals surface area contributed by atoms with Crippen LogP contribution >= 0.6 is 12.6 Å². The highest BCUT2D eigenvalue weighted by Gasteiger charge is 1.95. The van der Waals surface area contributed by atoms with Crippen molar-refractivity contribution in [3.05, 3.63) is 6.92 Å². The first-order valence-corrected chi connectivity index (χ1v) is 8.30. The number of unbranched alkanes of at least 4 members (excludes halogenated alkanes) is 11. The van der Waals surface area contributed by atoms with E-state index in [1.165, 1.54) is 83.5 Å². The minimum absolute atomic E-state index is 0.345. The van der Waals surface area contributed by atoms with Crippen LogP contribution in [0.2, 0.25) is 0 Å². The summed E-state index contributed by atoms with van der Waals surface area (Å²) in [6, 6.07) is 0. The number of hydrogen-bond donors (Lipinski definition) is 1. The van der Waals surface area contributed by atoms with Gasteiger partial charge in [-0.15, -0.1) is 0 Å². The topological polar surface area (TPSA) is 0 Å². The predicted octanol–water partition coefficient (Wildman–Crippen LogP) is 6.21. The van der Waals surface area contributed by atoms with Crippen LogP contribution in [0.25, 0.3) is 0 Å². The van der Waals surface area contributed by atoms with Crippen LogP contribution < -0.4 is 0 Å². The first kappa shape index (κ1) is 17.4. The molecule has 0 aliphatic rings. The van der Waals surface area contributed by atoms with Gasteiger partial charge in [-0.1, -0.05) is 84.0 Å². The summed E-state index contributed by atoms with van der Waals surface area (Å²) in [5.41, 5.74) is 0.